The molecule has 2 aliphatic rings. The number of aliphatic imine (C=N–C) groups is 1. The maximum atomic E-state index is 6.15. The highest BCUT2D eigenvalue weighted by atomic mass is 35.5. The van der Waals surface area contributed by atoms with Gasteiger partial charge in [0.2, 0.25) is 0 Å². The van der Waals surface area contributed by atoms with Crippen LogP contribution in [-0.4, -0.2) is 31.4 Å². The topological polar surface area (TPSA) is 33.4 Å². The molecule has 0 aliphatic carbocycles. The van der Waals surface area contributed by atoms with Gasteiger partial charge in [0.25, 0.3) is 0 Å². The second kappa shape index (κ2) is 7.54. The molecule has 0 bridgehead atoms. The molecule has 2 aliphatic heterocycles. The van der Waals surface area contributed by atoms with Crippen LogP contribution in [0.25, 0.3) is 5.69 Å². The largest absolute Gasteiger partial charge is 0.337 e. The molecular formula is C23H23ClN4S. The molecule has 1 fully saturated rings. The lowest BCUT2D eigenvalue weighted by molar-refractivity contribution is 0.248. The highest BCUT2D eigenvalue weighted by molar-refractivity contribution is 8.14. The van der Waals surface area contributed by atoms with E-state index in [1.165, 1.54) is 11.4 Å². The van der Waals surface area contributed by atoms with Crippen LogP contribution in [0.4, 0.5) is 0 Å². The van der Waals surface area contributed by atoms with Crippen LogP contribution < -0.4 is 0 Å². The third-order valence-electron chi connectivity index (χ3n) is 5.82. The van der Waals surface area contributed by atoms with Gasteiger partial charge in [-0.1, -0.05) is 36.4 Å². The standard InChI is InChI=1S/C23H23ClN4S/c1-3-17-14-29-23-26-21(19-6-4-5-13-25-19)22(28(17)23)20-12-7-15(2)27(20)18-10-8-16(24)9-11-18/h4-13,17,21-22H,3,14H2,1-2H3/t17-,21+,22+/m0/s1. The molecule has 0 N–H and O–H groups in total. The fourth-order valence-corrected chi connectivity index (χ4v) is 5.87. The second-order valence-electron chi connectivity index (χ2n) is 7.55. The van der Waals surface area contributed by atoms with E-state index in [9.17, 15) is 0 Å². The van der Waals surface area contributed by atoms with Crippen molar-refractivity contribution in [1.29, 1.82) is 0 Å². The molecule has 1 aromatic carbocycles. The number of thioether (sulfide) groups is 1. The summed E-state index contributed by atoms with van der Waals surface area (Å²) in [6.45, 7) is 4.42. The molecule has 0 radical (unpaired) electrons. The number of benzene rings is 1. The van der Waals surface area contributed by atoms with E-state index >= 15 is 0 Å². The van der Waals surface area contributed by atoms with Crippen molar-refractivity contribution < 1.29 is 0 Å². The number of pyridine rings is 1. The summed E-state index contributed by atoms with van der Waals surface area (Å²) in [5, 5.41) is 1.90. The first kappa shape index (κ1) is 18.8. The summed E-state index contributed by atoms with van der Waals surface area (Å²) in [6.07, 6.45) is 2.97. The van der Waals surface area contributed by atoms with Gasteiger partial charge in [-0.25, -0.2) is 0 Å². The van der Waals surface area contributed by atoms with Gasteiger partial charge in [0, 0.05) is 40.1 Å². The monoisotopic (exact) mass is 422 g/mol. The molecule has 5 rings (SSSR count). The Morgan fingerprint density at radius 1 is 1.10 bits per heavy atom. The lowest BCUT2D eigenvalue weighted by atomic mass is 9.99. The van der Waals surface area contributed by atoms with Gasteiger partial charge in [-0.2, -0.15) is 0 Å². The van der Waals surface area contributed by atoms with E-state index in [0.717, 1.165) is 33.7 Å². The summed E-state index contributed by atoms with van der Waals surface area (Å²) in [7, 11) is 0. The summed E-state index contributed by atoms with van der Waals surface area (Å²) in [4.78, 5) is 12.3. The first-order chi connectivity index (χ1) is 14.2. The van der Waals surface area contributed by atoms with Crippen molar-refractivity contribution >= 4 is 28.5 Å². The number of aromatic nitrogens is 2. The van der Waals surface area contributed by atoms with E-state index in [0.29, 0.717) is 6.04 Å². The minimum absolute atomic E-state index is 0.00611. The zero-order valence-electron chi connectivity index (χ0n) is 16.5. The number of hydrogen-bond donors (Lipinski definition) is 0. The quantitative estimate of drug-likeness (QED) is 0.531. The SMILES string of the molecule is CC[C@H]1CSC2=N[C@H](c3ccccn3)[C@@H](c3ccc(C)n3-c3ccc(Cl)cc3)N21. The lowest BCUT2D eigenvalue weighted by Crippen LogP contribution is -2.36. The highest BCUT2D eigenvalue weighted by Crippen LogP contribution is 2.49. The Kier molecular flexibility index (Phi) is 4.88. The molecule has 29 heavy (non-hydrogen) atoms. The van der Waals surface area contributed by atoms with Gasteiger partial charge in [0.1, 0.15) is 12.1 Å². The van der Waals surface area contributed by atoms with E-state index in [4.69, 9.17) is 16.6 Å². The molecule has 0 spiro atoms. The second-order valence-corrected chi connectivity index (χ2v) is 8.97. The van der Waals surface area contributed by atoms with Crippen LogP contribution in [0.15, 0.2) is 65.8 Å². The molecule has 2 aromatic heterocycles. The average molecular weight is 423 g/mol. The van der Waals surface area contributed by atoms with E-state index in [2.05, 4.69) is 64.7 Å². The molecular weight excluding hydrogens is 400 g/mol. The molecule has 0 amide bonds. The third kappa shape index (κ3) is 3.17. The van der Waals surface area contributed by atoms with Crippen molar-refractivity contribution in [2.75, 3.05) is 5.75 Å². The maximum Gasteiger partial charge on any atom is 0.160 e. The van der Waals surface area contributed by atoms with Crippen LogP contribution in [0, 0.1) is 6.92 Å². The number of halogens is 1. The summed E-state index contributed by atoms with van der Waals surface area (Å²) >= 11 is 8.02. The summed E-state index contributed by atoms with van der Waals surface area (Å²) in [5.41, 5.74) is 4.60. The van der Waals surface area contributed by atoms with E-state index in [1.54, 1.807) is 0 Å². The lowest BCUT2D eigenvalue weighted by Gasteiger charge is -2.32. The maximum absolute atomic E-state index is 6.15. The van der Waals surface area contributed by atoms with Gasteiger partial charge in [0.05, 0.1) is 5.69 Å². The van der Waals surface area contributed by atoms with Gasteiger partial charge in [0.15, 0.2) is 5.17 Å². The van der Waals surface area contributed by atoms with Crippen LogP contribution in [0.3, 0.4) is 0 Å². The molecule has 0 unspecified atom stereocenters. The minimum Gasteiger partial charge on any atom is -0.337 e. The Balaban J connectivity index is 1.65. The van der Waals surface area contributed by atoms with Crippen LogP contribution in [0.1, 0.15) is 42.5 Å². The fourth-order valence-electron chi connectivity index (χ4n) is 4.40. The molecule has 4 heterocycles. The Labute approximate surface area is 180 Å². The number of aryl methyl sites for hydroxylation is 1. The Hall–Kier alpha value is -2.24. The van der Waals surface area contributed by atoms with E-state index in [-0.39, 0.29) is 12.1 Å². The Morgan fingerprint density at radius 3 is 2.66 bits per heavy atom. The predicted molar refractivity (Wildman–Crippen MR) is 121 cm³/mol. The van der Waals surface area contributed by atoms with Crippen LogP contribution in [0.5, 0.6) is 0 Å². The van der Waals surface area contributed by atoms with Crippen molar-refractivity contribution in [3.63, 3.8) is 0 Å². The zero-order valence-corrected chi connectivity index (χ0v) is 18.1. The van der Waals surface area contributed by atoms with Crippen LogP contribution in [0.2, 0.25) is 5.02 Å². The van der Waals surface area contributed by atoms with Gasteiger partial charge in [-0.15, -0.1) is 0 Å². The number of amidine groups is 1. The van der Waals surface area contributed by atoms with E-state index < -0.39 is 0 Å². The van der Waals surface area contributed by atoms with Gasteiger partial charge in [-0.05, 0) is 61.9 Å². The van der Waals surface area contributed by atoms with Crippen molar-refractivity contribution in [3.05, 3.63) is 82.9 Å². The first-order valence-corrected chi connectivity index (χ1v) is 11.4. The molecule has 3 atom stereocenters. The number of nitrogens with zero attached hydrogens (tertiary/aromatic N) is 4. The van der Waals surface area contributed by atoms with Crippen LogP contribution in [-0.2, 0) is 0 Å². The molecule has 0 saturated carbocycles. The Morgan fingerprint density at radius 2 is 1.93 bits per heavy atom. The van der Waals surface area contributed by atoms with Gasteiger partial charge in [-0.3, -0.25) is 9.98 Å². The molecule has 3 aromatic rings. The summed E-state index contributed by atoms with van der Waals surface area (Å²) in [5.74, 6) is 1.10. The normalized spacial score (nSPS) is 23.3. The molecule has 4 nitrogen and oxygen atoms in total. The number of hydrogen-bond acceptors (Lipinski definition) is 4. The zero-order chi connectivity index (χ0) is 20.0. The van der Waals surface area contributed by atoms with Crippen LogP contribution >= 0.6 is 23.4 Å². The predicted octanol–water partition coefficient (Wildman–Crippen LogP) is 5.81. The molecule has 148 valence electrons. The van der Waals surface area contributed by atoms with Gasteiger partial charge >= 0.3 is 0 Å². The Bertz CT molecular complexity index is 1040. The number of rotatable bonds is 4. The van der Waals surface area contributed by atoms with Gasteiger partial charge < -0.3 is 9.47 Å². The first-order valence-electron chi connectivity index (χ1n) is 10.0. The highest BCUT2D eigenvalue weighted by Gasteiger charge is 2.46. The minimum atomic E-state index is -0.00611. The smallest absolute Gasteiger partial charge is 0.160 e. The fraction of sp³-hybridized carbons (Fsp3) is 0.304. The average Bonchev–Trinajstić information content (AvgIpc) is 3.42. The van der Waals surface area contributed by atoms with Crippen molar-refractivity contribution in [1.82, 2.24) is 14.5 Å². The van der Waals surface area contributed by atoms with Crippen molar-refractivity contribution in [2.24, 2.45) is 4.99 Å². The molecule has 6 heteroatoms. The third-order valence-corrected chi connectivity index (χ3v) is 7.20. The number of fused-ring (bicyclic) bond motifs is 1. The summed E-state index contributed by atoms with van der Waals surface area (Å²) < 4.78 is 2.34. The molecule has 1 saturated heterocycles. The van der Waals surface area contributed by atoms with Crippen molar-refractivity contribution in [3.8, 4) is 5.69 Å². The van der Waals surface area contributed by atoms with Crippen molar-refractivity contribution in [2.45, 2.75) is 38.4 Å². The summed E-state index contributed by atoms with van der Waals surface area (Å²) in [6, 6.07) is 19.2. The van der Waals surface area contributed by atoms with E-state index in [1.807, 2.05) is 36.2 Å².